The number of methoxy groups -OCH3 is 1. The van der Waals surface area contributed by atoms with Crippen LogP contribution in [0.3, 0.4) is 0 Å². The average molecular weight is 618 g/mol. The van der Waals surface area contributed by atoms with Gasteiger partial charge in [0.25, 0.3) is 11.8 Å². The lowest BCUT2D eigenvalue weighted by molar-refractivity contribution is -0.118. The number of ether oxygens (including phenoxy) is 2. The van der Waals surface area contributed by atoms with Crippen LogP contribution in [-0.2, 0) is 9.59 Å². The second-order valence-corrected chi connectivity index (χ2v) is 11.1. The van der Waals surface area contributed by atoms with Gasteiger partial charge in [0, 0.05) is 10.2 Å². The highest BCUT2D eigenvalue weighted by molar-refractivity contribution is 9.10. The predicted octanol–water partition coefficient (Wildman–Crippen LogP) is 7.15. The summed E-state index contributed by atoms with van der Waals surface area (Å²) in [7, 11) is 1.51. The molecule has 1 fully saturated rings. The Hall–Kier alpha value is -2.85. The molecule has 1 saturated heterocycles. The number of thioether (sulfide) groups is 1. The number of thiocarbonyl (C=S) groups is 1. The Kier molecular flexibility index (Phi) is 8.59. The van der Waals surface area contributed by atoms with Gasteiger partial charge in [-0.25, -0.2) is 0 Å². The second kappa shape index (κ2) is 11.7. The highest BCUT2D eigenvalue weighted by Crippen LogP contribution is 2.38. The summed E-state index contributed by atoms with van der Waals surface area (Å²) >= 11 is 16.1. The summed E-state index contributed by atoms with van der Waals surface area (Å²) in [6.07, 6.45) is 1.76. The number of carbonyl (C=O) groups excluding carboxylic acids is 2. The number of nitrogens with one attached hydrogen (secondary N) is 1. The summed E-state index contributed by atoms with van der Waals surface area (Å²) < 4.78 is 12.4. The molecule has 0 bridgehead atoms. The quantitative estimate of drug-likeness (QED) is 0.224. The number of rotatable bonds is 7. The first-order valence-electron chi connectivity index (χ1n) is 11.1. The average Bonchev–Trinajstić information content (AvgIpc) is 3.13. The molecule has 10 heteroatoms. The maximum absolute atomic E-state index is 13.2. The van der Waals surface area contributed by atoms with Crippen LogP contribution in [-0.4, -0.2) is 29.9 Å². The largest absolute Gasteiger partial charge is 0.493 e. The zero-order valence-corrected chi connectivity index (χ0v) is 24.1. The molecular weight excluding hydrogens is 596 g/mol. The first-order chi connectivity index (χ1) is 17.7. The molecule has 3 aromatic carbocycles. The van der Waals surface area contributed by atoms with E-state index >= 15 is 0 Å². The van der Waals surface area contributed by atoms with Crippen LogP contribution in [0.5, 0.6) is 11.5 Å². The molecule has 0 saturated carbocycles. The van der Waals surface area contributed by atoms with Gasteiger partial charge >= 0.3 is 0 Å². The monoisotopic (exact) mass is 616 g/mol. The van der Waals surface area contributed by atoms with E-state index in [1.165, 1.54) is 18.9 Å². The Morgan fingerprint density at radius 2 is 1.92 bits per heavy atom. The molecule has 0 aliphatic carbocycles. The van der Waals surface area contributed by atoms with E-state index < -0.39 is 0 Å². The minimum atomic E-state index is -0.348. The number of anilines is 2. The van der Waals surface area contributed by atoms with Crippen LogP contribution in [0.2, 0.25) is 5.02 Å². The molecule has 1 aliphatic rings. The van der Waals surface area contributed by atoms with E-state index in [9.17, 15) is 9.59 Å². The Morgan fingerprint density at radius 3 is 2.62 bits per heavy atom. The zero-order valence-electron chi connectivity index (χ0n) is 20.1. The van der Waals surface area contributed by atoms with Crippen molar-refractivity contribution in [2.45, 2.75) is 13.8 Å². The summed E-state index contributed by atoms with van der Waals surface area (Å²) in [5.74, 6) is 0.301. The summed E-state index contributed by atoms with van der Waals surface area (Å²) in [4.78, 5) is 27.6. The molecule has 1 heterocycles. The normalized spacial score (nSPS) is 14.3. The number of benzene rings is 3. The molecule has 190 valence electrons. The number of amides is 2. The van der Waals surface area contributed by atoms with E-state index in [1.54, 1.807) is 47.4 Å². The van der Waals surface area contributed by atoms with Crippen LogP contribution in [0.15, 0.2) is 64.0 Å². The molecule has 2 amide bonds. The highest BCUT2D eigenvalue weighted by atomic mass is 79.9. The van der Waals surface area contributed by atoms with Gasteiger partial charge in [-0.3, -0.25) is 14.5 Å². The highest BCUT2D eigenvalue weighted by Gasteiger charge is 2.34. The van der Waals surface area contributed by atoms with Crippen LogP contribution < -0.4 is 19.7 Å². The van der Waals surface area contributed by atoms with E-state index in [2.05, 4.69) is 21.2 Å². The van der Waals surface area contributed by atoms with Gasteiger partial charge in [0.05, 0.1) is 22.7 Å². The Morgan fingerprint density at radius 1 is 1.14 bits per heavy atom. The van der Waals surface area contributed by atoms with Gasteiger partial charge in [-0.2, -0.15) is 0 Å². The summed E-state index contributed by atoms with van der Waals surface area (Å²) in [6, 6.07) is 16.2. The Bertz CT molecular complexity index is 1440. The fraction of sp³-hybridized carbons (Fsp3) is 0.148. The van der Waals surface area contributed by atoms with Crippen molar-refractivity contribution in [1.82, 2.24) is 0 Å². The van der Waals surface area contributed by atoms with Crippen LogP contribution >= 0.6 is 51.5 Å². The molecular formula is C27H22BrClN2O4S2. The van der Waals surface area contributed by atoms with Gasteiger partial charge < -0.3 is 14.8 Å². The number of halogens is 2. The fourth-order valence-electron chi connectivity index (χ4n) is 3.69. The van der Waals surface area contributed by atoms with E-state index in [1.807, 2.05) is 32.0 Å². The predicted molar refractivity (Wildman–Crippen MR) is 158 cm³/mol. The van der Waals surface area contributed by atoms with Crippen LogP contribution in [0.25, 0.3) is 6.08 Å². The van der Waals surface area contributed by atoms with Gasteiger partial charge in [-0.05, 0) is 83.4 Å². The van der Waals surface area contributed by atoms with E-state index in [-0.39, 0.29) is 18.4 Å². The molecule has 0 atom stereocenters. The maximum Gasteiger partial charge on any atom is 0.270 e. The van der Waals surface area contributed by atoms with E-state index in [0.717, 1.165) is 26.9 Å². The maximum atomic E-state index is 13.2. The van der Waals surface area contributed by atoms with Crippen molar-refractivity contribution in [1.29, 1.82) is 0 Å². The third-order valence-electron chi connectivity index (χ3n) is 5.43. The minimum Gasteiger partial charge on any atom is -0.493 e. The molecule has 0 unspecified atom stereocenters. The van der Waals surface area contributed by atoms with Gasteiger partial charge in [-0.15, -0.1) is 0 Å². The van der Waals surface area contributed by atoms with Crippen molar-refractivity contribution < 1.29 is 19.1 Å². The van der Waals surface area contributed by atoms with Crippen LogP contribution in [0, 0.1) is 13.8 Å². The Labute approximate surface area is 238 Å². The lowest BCUT2D eigenvalue weighted by Gasteiger charge is -2.17. The van der Waals surface area contributed by atoms with Gasteiger partial charge in [-0.1, -0.05) is 59.3 Å². The molecule has 6 nitrogen and oxygen atoms in total. The molecule has 1 N–H and O–H groups in total. The number of aryl methyl sites for hydroxylation is 2. The summed E-state index contributed by atoms with van der Waals surface area (Å²) in [5.41, 5.74) is 4.17. The van der Waals surface area contributed by atoms with Gasteiger partial charge in [0.15, 0.2) is 22.4 Å². The fourth-order valence-corrected chi connectivity index (χ4v) is 5.40. The zero-order chi connectivity index (χ0) is 26.7. The standard InChI is InChI=1S/C27H22BrClN2O4S2/c1-15-4-8-21(16(2)10-15)31-26(33)24(37-27(31)36)12-17-5-9-22(23(11-17)34-3)35-14-25(32)30-18-6-7-19(28)20(29)13-18/h4-13H,14H2,1-3H3,(H,30,32)/b24-12-. The number of hydrogen-bond acceptors (Lipinski definition) is 6. The number of hydrogen-bond donors (Lipinski definition) is 1. The molecule has 1 aliphatic heterocycles. The lowest BCUT2D eigenvalue weighted by atomic mass is 10.1. The van der Waals surface area contributed by atoms with Crippen molar-refractivity contribution in [3.05, 3.63) is 85.7 Å². The number of carbonyl (C=O) groups is 2. The van der Waals surface area contributed by atoms with Gasteiger partial charge in [0.2, 0.25) is 0 Å². The lowest BCUT2D eigenvalue weighted by Crippen LogP contribution is -2.28. The van der Waals surface area contributed by atoms with Crippen molar-refractivity contribution in [3.63, 3.8) is 0 Å². The smallest absolute Gasteiger partial charge is 0.270 e. The number of nitrogens with zero attached hydrogens (tertiary/aromatic N) is 1. The van der Waals surface area contributed by atoms with Crippen LogP contribution in [0.1, 0.15) is 16.7 Å². The summed E-state index contributed by atoms with van der Waals surface area (Å²) in [5, 5.41) is 3.22. The SMILES string of the molecule is COc1cc(/C=C2\SC(=S)N(c3ccc(C)cc3C)C2=O)ccc1OCC(=O)Nc1ccc(Br)c(Cl)c1. The molecule has 3 aromatic rings. The van der Waals surface area contributed by atoms with Crippen molar-refractivity contribution in [3.8, 4) is 11.5 Å². The van der Waals surface area contributed by atoms with Crippen LogP contribution in [0.4, 0.5) is 11.4 Å². The van der Waals surface area contributed by atoms with E-state index in [4.69, 9.17) is 33.3 Å². The molecule has 0 aromatic heterocycles. The van der Waals surface area contributed by atoms with Crippen molar-refractivity contribution >= 4 is 85.1 Å². The third-order valence-corrected chi connectivity index (χ3v) is 7.97. The molecule has 37 heavy (non-hydrogen) atoms. The molecule has 4 rings (SSSR count). The molecule has 0 spiro atoms. The second-order valence-electron chi connectivity index (χ2n) is 8.18. The minimum absolute atomic E-state index is 0.175. The first kappa shape index (κ1) is 27.2. The third kappa shape index (κ3) is 6.35. The Balaban J connectivity index is 1.46. The van der Waals surface area contributed by atoms with Gasteiger partial charge in [0.1, 0.15) is 0 Å². The topological polar surface area (TPSA) is 67.9 Å². The van der Waals surface area contributed by atoms with E-state index in [0.29, 0.717) is 31.4 Å². The molecule has 0 radical (unpaired) electrons. The van der Waals surface area contributed by atoms with Crippen molar-refractivity contribution in [2.24, 2.45) is 0 Å². The first-order valence-corrected chi connectivity index (χ1v) is 13.5. The van der Waals surface area contributed by atoms with Crippen molar-refractivity contribution in [2.75, 3.05) is 23.9 Å². The summed E-state index contributed by atoms with van der Waals surface area (Å²) in [6.45, 7) is 3.74.